The lowest BCUT2D eigenvalue weighted by Gasteiger charge is -2.26. The highest BCUT2D eigenvalue weighted by molar-refractivity contribution is 9.10. The Bertz CT molecular complexity index is 1030. The normalized spacial score (nSPS) is 16.0. The first-order chi connectivity index (χ1) is 13.0. The van der Waals surface area contributed by atoms with Crippen molar-refractivity contribution in [2.45, 2.75) is 19.4 Å². The van der Waals surface area contributed by atoms with Crippen LogP contribution in [-0.2, 0) is 0 Å². The van der Waals surface area contributed by atoms with E-state index in [9.17, 15) is 9.90 Å². The van der Waals surface area contributed by atoms with Gasteiger partial charge in [0.2, 0.25) is 0 Å². The number of amides is 1. The Hall–Kier alpha value is -2.31. The summed E-state index contributed by atoms with van der Waals surface area (Å²) in [4.78, 5) is 14.8. The van der Waals surface area contributed by atoms with Crippen molar-refractivity contribution in [3.05, 3.63) is 68.8 Å². The van der Waals surface area contributed by atoms with Gasteiger partial charge in [0.1, 0.15) is 17.1 Å². The molecule has 2 heterocycles. The van der Waals surface area contributed by atoms with E-state index in [-0.39, 0.29) is 17.7 Å². The quantitative estimate of drug-likeness (QED) is 0.582. The number of fused-ring (bicyclic) bond motifs is 1. The van der Waals surface area contributed by atoms with Crippen molar-refractivity contribution in [2.75, 3.05) is 6.54 Å². The number of phenols is 1. The molecule has 3 aromatic rings. The van der Waals surface area contributed by atoms with Gasteiger partial charge in [0.25, 0.3) is 5.91 Å². The average molecular weight is 447 g/mol. The van der Waals surface area contributed by atoms with Gasteiger partial charge in [-0.1, -0.05) is 46.6 Å². The largest absolute Gasteiger partial charge is 0.507 e. The number of aromatic nitrogens is 2. The molecule has 0 saturated carbocycles. The van der Waals surface area contributed by atoms with Crippen molar-refractivity contribution in [3.8, 4) is 17.0 Å². The summed E-state index contributed by atoms with van der Waals surface area (Å²) < 4.78 is 0.938. The van der Waals surface area contributed by atoms with E-state index in [1.165, 1.54) is 6.07 Å². The van der Waals surface area contributed by atoms with Crippen molar-refractivity contribution >= 4 is 33.4 Å². The predicted octanol–water partition coefficient (Wildman–Crippen LogP) is 5.15. The summed E-state index contributed by atoms with van der Waals surface area (Å²) in [5.74, 6) is -0.0137. The van der Waals surface area contributed by atoms with E-state index in [0.717, 1.165) is 22.0 Å². The Morgan fingerprint density at radius 1 is 1.30 bits per heavy atom. The fourth-order valence-electron chi connectivity index (χ4n) is 3.59. The maximum absolute atomic E-state index is 13.0. The van der Waals surface area contributed by atoms with E-state index in [4.69, 9.17) is 11.6 Å². The van der Waals surface area contributed by atoms with Gasteiger partial charge in [0, 0.05) is 27.2 Å². The molecule has 4 rings (SSSR count). The van der Waals surface area contributed by atoms with Gasteiger partial charge in [0.05, 0.1) is 6.04 Å². The van der Waals surface area contributed by atoms with E-state index in [1.807, 2.05) is 36.1 Å². The fourth-order valence-corrected chi connectivity index (χ4v) is 4.18. The minimum Gasteiger partial charge on any atom is -0.507 e. The van der Waals surface area contributed by atoms with Crippen LogP contribution >= 0.6 is 27.5 Å². The smallest absolute Gasteiger partial charge is 0.273 e. The van der Waals surface area contributed by atoms with Crippen LogP contribution in [0.5, 0.6) is 5.75 Å². The molecule has 0 fully saturated rings. The van der Waals surface area contributed by atoms with Crippen LogP contribution in [0.2, 0.25) is 5.02 Å². The zero-order valence-corrected chi connectivity index (χ0v) is 16.9. The number of halogens is 2. The molecule has 2 N–H and O–H groups in total. The van der Waals surface area contributed by atoms with E-state index in [2.05, 4.69) is 26.1 Å². The molecule has 0 radical (unpaired) electrons. The van der Waals surface area contributed by atoms with Crippen molar-refractivity contribution in [3.63, 3.8) is 0 Å². The molecule has 0 bridgehead atoms. The lowest BCUT2D eigenvalue weighted by molar-refractivity contribution is 0.0744. The third-order valence-corrected chi connectivity index (χ3v) is 5.43. The van der Waals surface area contributed by atoms with Gasteiger partial charge < -0.3 is 10.0 Å². The number of hydrogen-bond acceptors (Lipinski definition) is 3. The van der Waals surface area contributed by atoms with Gasteiger partial charge in [-0.15, -0.1) is 0 Å². The zero-order chi connectivity index (χ0) is 19.1. The highest BCUT2D eigenvalue weighted by Crippen LogP contribution is 2.45. The summed E-state index contributed by atoms with van der Waals surface area (Å²) >= 11 is 9.65. The Labute approximate surface area is 170 Å². The standard InChI is InChI=1S/C20H17BrClN3O2/c1-2-8-25-19(11-4-3-5-12(21)9-11)16-17(23-24-18(16)20(25)27)14-10-13(22)6-7-15(14)26/h3-7,9-10,19,26H,2,8H2,1H3,(H,23,24). The van der Waals surface area contributed by atoms with Crippen LogP contribution in [0.15, 0.2) is 46.9 Å². The Morgan fingerprint density at radius 3 is 2.85 bits per heavy atom. The molecule has 1 unspecified atom stereocenters. The molecule has 2 aromatic carbocycles. The van der Waals surface area contributed by atoms with Gasteiger partial charge in [0.15, 0.2) is 0 Å². The maximum Gasteiger partial charge on any atom is 0.273 e. The van der Waals surface area contributed by atoms with Crippen molar-refractivity contribution in [1.29, 1.82) is 0 Å². The minimum atomic E-state index is -0.280. The molecular formula is C20H17BrClN3O2. The molecule has 1 aliphatic heterocycles. The topological polar surface area (TPSA) is 69.2 Å². The van der Waals surface area contributed by atoms with Crippen LogP contribution in [0, 0.1) is 0 Å². The fraction of sp³-hybridized carbons (Fsp3) is 0.200. The first kappa shape index (κ1) is 18.1. The highest BCUT2D eigenvalue weighted by atomic mass is 79.9. The first-order valence-electron chi connectivity index (χ1n) is 8.64. The highest BCUT2D eigenvalue weighted by Gasteiger charge is 2.42. The molecule has 5 nitrogen and oxygen atoms in total. The van der Waals surface area contributed by atoms with Gasteiger partial charge in [-0.3, -0.25) is 9.89 Å². The molecule has 1 aliphatic rings. The van der Waals surface area contributed by atoms with Crippen molar-refractivity contribution in [2.24, 2.45) is 0 Å². The molecular weight excluding hydrogens is 430 g/mol. The SMILES string of the molecule is CCCN1C(=O)c2[nH]nc(-c3cc(Cl)ccc3O)c2C1c1cccc(Br)c1. The molecule has 1 atom stereocenters. The Kier molecular flexibility index (Phi) is 4.70. The second-order valence-corrected chi connectivity index (χ2v) is 7.83. The molecule has 138 valence electrons. The molecule has 27 heavy (non-hydrogen) atoms. The third-order valence-electron chi connectivity index (χ3n) is 4.71. The predicted molar refractivity (Wildman–Crippen MR) is 108 cm³/mol. The molecule has 0 spiro atoms. The number of phenolic OH excluding ortho intramolecular Hbond substituents is 1. The summed E-state index contributed by atoms with van der Waals surface area (Å²) in [5, 5.41) is 18.1. The number of carbonyl (C=O) groups is 1. The van der Waals surface area contributed by atoms with Gasteiger partial charge >= 0.3 is 0 Å². The number of carbonyl (C=O) groups excluding carboxylic acids is 1. The van der Waals surface area contributed by atoms with Crippen LogP contribution < -0.4 is 0 Å². The summed E-state index contributed by atoms with van der Waals surface area (Å²) in [5.41, 5.74) is 3.26. The van der Waals surface area contributed by atoms with E-state index in [0.29, 0.717) is 28.5 Å². The summed E-state index contributed by atoms with van der Waals surface area (Å²) in [7, 11) is 0. The number of benzene rings is 2. The summed E-state index contributed by atoms with van der Waals surface area (Å²) in [6.07, 6.45) is 0.839. The monoisotopic (exact) mass is 445 g/mol. The third kappa shape index (κ3) is 3.03. The molecule has 0 saturated heterocycles. The van der Waals surface area contributed by atoms with Crippen LogP contribution in [0.4, 0.5) is 0 Å². The Morgan fingerprint density at radius 2 is 2.11 bits per heavy atom. The van der Waals surface area contributed by atoms with Gasteiger partial charge in [-0.25, -0.2) is 0 Å². The lowest BCUT2D eigenvalue weighted by Crippen LogP contribution is -2.30. The number of nitrogens with zero attached hydrogens (tertiary/aromatic N) is 2. The van der Waals surface area contributed by atoms with Crippen molar-refractivity contribution in [1.82, 2.24) is 15.1 Å². The van der Waals surface area contributed by atoms with Crippen LogP contribution in [0.1, 0.15) is 41.0 Å². The lowest BCUT2D eigenvalue weighted by atomic mass is 9.95. The van der Waals surface area contributed by atoms with E-state index in [1.54, 1.807) is 12.1 Å². The number of H-pyrrole nitrogens is 1. The molecule has 1 amide bonds. The number of nitrogens with one attached hydrogen (secondary N) is 1. The Balaban J connectivity index is 1.94. The second kappa shape index (κ2) is 7.02. The summed E-state index contributed by atoms with van der Waals surface area (Å²) in [6, 6.07) is 12.4. The molecule has 1 aromatic heterocycles. The maximum atomic E-state index is 13.0. The average Bonchev–Trinajstić information content (AvgIpc) is 3.17. The van der Waals surface area contributed by atoms with Gasteiger partial charge in [-0.05, 0) is 42.3 Å². The van der Waals surface area contributed by atoms with E-state index >= 15 is 0 Å². The molecule has 0 aliphatic carbocycles. The minimum absolute atomic E-state index is 0.0723. The van der Waals surface area contributed by atoms with E-state index < -0.39 is 0 Å². The van der Waals surface area contributed by atoms with Crippen LogP contribution in [0.25, 0.3) is 11.3 Å². The number of rotatable bonds is 4. The summed E-state index contributed by atoms with van der Waals surface area (Å²) in [6.45, 7) is 2.67. The second-order valence-electron chi connectivity index (χ2n) is 6.48. The molecule has 7 heteroatoms. The van der Waals surface area contributed by atoms with Gasteiger partial charge in [-0.2, -0.15) is 5.10 Å². The van der Waals surface area contributed by atoms with Crippen LogP contribution in [0.3, 0.4) is 0 Å². The number of hydrogen-bond donors (Lipinski definition) is 2. The number of aromatic amines is 1. The van der Waals surface area contributed by atoms with Crippen molar-refractivity contribution < 1.29 is 9.90 Å². The number of aromatic hydroxyl groups is 1. The van der Waals surface area contributed by atoms with Crippen LogP contribution in [-0.4, -0.2) is 32.7 Å². The zero-order valence-electron chi connectivity index (χ0n) is 14.5. The first-order valence-corrected chi connectivity index (χ1v) is 9.82.